The van der Waals surface area contributed by atoms with Crippen molar-refractivity contribution in [3.63, 3.8) is 0 Å². The van der Waals surface area contributed by atoms with E-state index in [1.54, 1.807) is 6.07 Å². The molecular formula is C17H22N4O2S. The van der Waals surface area contributed by atoms with Crippen LogP contribution in [0.3, 0.4) is 0 Å². The summed E-state index contributed by atoms with van der Waals surface area (Å²) in [5.41, 5.74) is 1.14. The van der Waals surface area contributed by atoms with E-state index in [4.69, 9.17) is 0 Å². The maximum atomic E-state index is 12.1. The Kier molecular flexibility index (Phi) is 5.30. The van der Waals surface area contributed by atoms with Gasteiger partial charge in [-0.25, -0.2) is 8.42 Å². The number of nitrogens with zero attached hydrogens (tertiary/aromatic N) is 3. The third kappa shape index (κ3) is 4.67. The maximum absolute atomic E-state index is 12.1. The second kappa shape index (κ2) is 7.61. The van der Waals surface area contributed by atoms with E-state index in [9.17, 15) is 8.42 Å². The molecule has 3 rings (SSSR count). The van der Waals surface area contributed by atoms with Crippen molar-refractivity contribution < 1.29 is 8.42 Å². The average molecular weight is 346 g/mol. The second-order valence-corrected chi connectivity index (χ2v) is 7.82. The first-order chi connectivity index (χ1) is 11.6. The standard InChI is InChI=1S/C17H22N4O2S/c22-24(23,14-6-9-15-7-2-1-3-8-15)20-16-10-11-17(19-18-16)21-12-4-5-13-21/h1-3,7-8,10-11H,4-6,9,12-14H2,(H,18,20). The molecule has 0 radical (unpaired) electrons. The van der Waals surface area contributed by atoms with Crippen LogP contribution in [0.25, 0.3) is 0 Å². The lowest BCUT2D eigenvalue weighted by molar-refractivity contribution is 0.598. The van der Waals surface area contributed by atoms with Gasteiger partial charge in [-0.1, -0.05) is 30.3 Å². The molecule has 1 aliphatic rings. The van der Waals surface area contributed by atoms with E-state index in [0.29, 0.717) is 6.42 Å². The molecule has 6 nitrogen and oxygen atoms in total. The normalized spacial score (nSPS) is 14.8. The first kappa shape index (κ1) is 16.7. The number of sulfonamides is 1. The van der Waals surface area contributed by atoms with E-state index in [0.717, 1.165) is 43.7 Å². The Labute approximate surface area is 143 Å². The number of anilines is 2. The first-order valence-electron chi connectivity index (χ1n) is 8.25. The van der Waals surface area contributed by atoms with Crippen molar-refractivity contribution >= 4 is 21.7 Å². The molecule has 0 saturated carbocycles. The lowest BCUT2D eigenvalue weighted by atomic mass is 10.1. The lowest BCUT2D eigenvalue weighted by Gasteiger charge is -2.15. The van der Waals surface area contributed by atoms with E-state index in [-0.39, 0.29) is 11.6 Å². The third-order valence-corrected chi connectivity index (χ3v) is 5.41. The Balaban J connectivity index is 1.52. The third-order valence-electron chi connectivity index (χ3n) is 4.06. The van der Waals surface area contributed by atoms with Crippen molar-refractivity contribution in [2.24, 2.45) is 0 Å². The molecule has 2 heterocycles. The van der Waals surface area contributed by atoms with Crippen LogP contribution in [0.15, 0.2) is 42.5 Å². The van der Waals surface area contributed by atoms with Gasteiger partial charge in [0.15, 0.2) is 11.6 Å². The van der Waals surface area contributed by atoms with Crippen LogP contribution in [0.1, 0.15) is 24.8 Å². The molecule has 0 bridgehead atoms. The van der Waals surface area contributed by atoms with Crippen molar-refractivity contribution in [3.05, 3.63) is 48.0 Å². The fraction of sp³-hybridized carbons (Fsp3) is 0.412. The van der Waals surface area contributed by atoms with Crippen LogP contribution in [-0.4, -0.2) is 37.5 Å². The Morgan fingerprint density at radius 1 is 1.00 bits per heavy atom. The van der Waals surface area contributed by atoms with Crippen LogP contribution < -0.4 is 9.62 Å². The summed E-state index contributed by atoms with van der Waals surface area (Å²) in [6, 6.07) is 13.4. The Hall–Kier alpha value is -2.15. The summed E-state index contributed by atoms with van der Waals surface area (Å²) in [6.07, 6.45) is 3.63. The number of rotatable bonds is 7. The minimum absolute atomic E-state index is 0.0669. The minimum atomic E-state index is -3.40. The summed E-state index contributed by atoms with van der Waals surface area (Å²) in [6.45, 7) is 1.97. The molecule has 128 valence electrons. The van der Waals surface area contributed by atoms with Crippen molar-refractivity contribution in [2.75, 3.05) is 28.5 Å². The molecule has 0 aliphatic carbocycles. The molecule has 7 heteroatoms. The zero-order valence-electron chi connectivity index (χ0n) is 13.6. The molecule has 0 spiro atoms. The number of nitrogens with one attached hydrogen (secondary N) is 1. The van der Waals surface area contributed by atoms with Gasteiger partial charge in [0.25, 0.3) is 0 Å². The highest BCUT2D eigenvalue weighted by Gasteiger charge is 2.15. The predicted molar refractivity (Wildman–Crippen MR) is 95.7 cm³/mol. The molecule has 1 saturated heterocycles. The molecule has 1 fully saturated rings. The van der Waals surface area contributed by atoms with Gasteiger partial charge in [0, 0.05) is 13.1 Å². The molecule has 2 aromatic rings. The molecular weight excluding hydrogens is 324 g/mol. The van der Waals surface area contributed by atoms with Crippen molar-refractivity contribution in [1.82, 2.24) is 10.2 Å². The molecule has 0 atom stereocenters. The van der Waals surface area contributed by atoms with Gasteiger partial charge in [-0.3, -0.25) is 4.72 Å². The Morgan fingerprint density at radius 3 is 2.42 bits per heavy atom. The van der Waals surface area contributed by atoms with Crippen LogP contribution in [0.2, 0.25) is 0 Å². The van der Waals surface area contributed by atoms with Crippen LogP contribution in [0, 0.1) is 0 Å². The van der Waals surface area contributed by atoms with Gasteiger partial charge >= 0.3 is 0 Å². The summed E-state index contributed by atoms with van der Waals surface area (Å²) in [5.74, 6) is 1.15. The Morgan fingerprint density at radius 2 is 1.75 bits per heavy atom. The quantitative estimate of drug-likeness (QED) is 0.833. The molecule has 1 aromatic carbocycles. The summed E-state index contributed by atoms with van der Waals surface area (Å²) < 4.78 is 26.8. The number of hydrogen-bond donors (Lipinski definition) is 1. The van der Waals surface area contributed by atoms with E-state index < -0.39 is 10.0 Å². The van der Waals surface area contributed by atoms with Crippen LogP contribution in [-0.2, 0) is 16.4 Å². The van der Waals surface area contributed by atoms with E-state index in [2.05, 4.69) is 19.8 Å². The molecule has 1 aromatic heterocycles. The molecule has 0 amide bonds. The van der Waals surface area contributed by atoms with Crippen molar-refractivity contribution in [3.8, 4) is 0 Å². The molecule has 0 unspecified atom stereocenters. The van der Waals surface area contributed by atoms with Crippen LogP contribution in [0.4, 0.5) is 11.6 Å². The van der Waals surface area contributed by atoms with Gasteiger partial charge < -0.3 is 4.90 Å². The van der Waals surface area contributed by atoms with Gasteiger partial charge in [0.2, 0.25) is 10.0 Å². The summed E-state index contributed by atoms with van der Waals surface area (Å²) in [7, 11) is -3.40. The fourth-order valence-electron chi connectivity index (χ4n) is 2.82. The van der Waals surface area contributed by atoms with Crippen LogP contribution >= 0.6 is 0 Å². The maximum Gasteiger partial charge on any atom is 0.233 e. The number of aromatic nitrogens is 2. The van der Waals surface area contributed by atoms with Crippen molar-refractivity contribution in [1.29, 1.82) is 0 Å². The van der Waals surface area contributed by atoms with Gasteiger partial charge in [-0.2, -0.15) is 0 Å². The predicted octanol–water partition coefficient (Wildman–Crippen LogP) is 2.45. The average Bonchev–Trinajstić information content (AvgIpc) is 3.10. The van der Waals surface area contributed by atoms with Gasteiger partial charge in [0.05, 0.1) is 5.75 Å². The zero-order chi connectivity index (χ0) is 16.8. The molecule has 1 N–H and O–H groups in total. The molecule has 1 aliphatic heterocycles. The topological polar surface area (TPSA) is 75.2 Å². The highest BCUT2D eigenvalue weighted by molar-refractivity contribution is 7.92. The molecule has 24 heavy (non-hydrogen) atoms. The van der Waals surface area contributed by atoms with E-state index >= 15 is 0 Å². The monoisotopic (exact) mass is 346 g/mol. The van der Waals surface area contributed by atoms with Crippen molar-refractivity contribution in [2.45, 2.75) is 25.7 Å². The zero-order valence-corrected chi connectivity index (χ0v) is 14.4. The lowest BCUT2D eigenvalue weighted by Crippen LogP contribution is -2.21. The first-order valence-corrected chi connectivity index (χ1v) is 9.91. The summed E-state index contributed by atoms with van der Waals surface area (Å²) >= 11 is 0. The summed E-state index contributed by atoms with van der Waals surface area (Å²) in [4.78, 5) is 2.16. The van der Waals surface area contributed by atoms with Crippen LogP contribution in [0.5, 0.6) is 0 Å². The number of hydrogen-bond acceptors (Lipinski definition) is 5. The minimum Gasteiger partial charge on any atom is -0.355 e. The smallest absolute Gasteiger partial charge is 0.233 e. The second-order valence-electron chi connectivity index (χ2n) is 5.98. The summed E-state index contributed by atoms with van der Waals surface area (Å²) in [5, 5.41) is 8.11. The highest BCUT2D eigenvalue weighted by atomic mass is 32.2. The number of aryl methyl sites for hydroxylation is 1. The van der Waals surface area contributed by atoms with Gasteiger partial charge in [0.1, 0.15) is 0 Å². The van der Waals surface area contributed by atoms with E-state index in [1.165, 1.54) is 0 Å². The highest BCUT2D eigenvalue weighted by Crippen LogP contribution is 2.18. The van der Waals surface area contributed by atoms with E-state index in [1.807, 2.05) is 36.4 Å². The largest absolute Gasteiger partial charge is 0.355 e. The Bertz CT molecular complexity index is 742. The van der Waals surface area contributed by atoms with Gasteiger partial charge in [-0.05, 0) is 43.4 Å². The fourth-order valence-corrected chi connectivity index (χ4v) is 3.87. The number of benzene rings is 1. The van der Waals surface area contributed by atoms with Gasteiger partial charge in [-0.15, -0.1) is 10.2 Å². The SMILES string of the molecule is O=S(=O)(CCCc1ccccc1)Nc1ccc(N2CCCC2)nn1.